The summed E-state index contributed by atoms with van der Waals surface area (Å²) in [6.07, 6.45) is 0. The van der Waals surface area contributed by atoms with Crippen molar-refractivity contribution in [2.75, 3.05) is 14.2 Å². The van der Waals surface area contributed by atoms with Gasteiger partial charge in [-0.25, -0.2) is 0 Å². The monoisotopic (exact) mass is 253 g/mol. The maximum atomic E-state index is 11.8. The Hall–Kier alpha value is -2.24. The molecule has 0 aromatic heterocycles. The molecule has 2 N–H and O–H groups in total. The Balaban J connectivity index is 2.95. The van der Waals surface area contributed by atoms with Crippen LogP contribution in [0.3, 0.4) is 0 Å². The normalized spacial score (nSPS) is 11.5. The molecule has 0 heterocycles. The van der Waals surface area contributed by atoms with Gasteiger partial charge in [0.1, 0.15) is 17.5 Å². The summed E-state index contributed by atoms with van der Waals surface area (Å²) in [4.78, 5) is 22.5. The molecule has 0 aliphatic carbocycles. The van der Waals surface area contributed by atoms with Gasteiger partial charge in [0.2, 0.25) is 0 Å². The van der Waals surface area contributed by atoms with Gasteiger partial charge in [0, 0.05) is 6.07 Å². The third-order valence-corrected chi connectivity index (χ3v) is 2.37. The lowest BCUT2D eigenvalue weighted by atomic mass is 10.1. The summed E-state index contributed by atoms with van der Waals surface area (Å²) < 4.78 is 10.1. The van der Waals surface area contributed by atoms with Crippen LogP contribution >= 0.6 is 0 Å². The Morgan fingerprint density at radius 2 is 1.94 bits per heavy atom. The van der Waals surface area contributed by atoms with Gasteiger partial charge in [-0.15, -0.1) is 0 Å². The summed E-state index contributed by atoms with van der Waals surface area (Å²) in [6.45, 7) is 1.39. The van der Waals surface area contributed by atoms with Crippen molar-refractivity contribution < 1.29 is 24.2 Å². The van der Waals surface area contributed by atoms with Crippen molar-refractivity contribution in [2.24, 2.45) is 0 Å². The summed E-state index contributed by atoms with van der Waals surface area (Å²) in [5.41, 5.74) is 0.256. The van der Waals surface area contributed by atoms with Crippen molar-refractivity contribution in [1.29, 1.82) is 0 Å². The molecule has 6 nitrogen and oxygen atoms in total. The van der Waals surface area contributed by atoms with Crippen molar-refractivity contribution in [3.63, 3.8) is 0 Å². The van der Waals surface area contributed by atoms with Gasteiger partial charge in [-0.2, -0.15) is 0 Å². The summed E-state index contributed by atoms with van der Waals surface area (Å²) >= 11 is 0. The first kappa shape index (κ1) is 13.8. The van der Waals surface area contributed by atoms with Gasteiger partial charge < -0.3 is 19.9 Å². The van der Waals surface area contributed by atoms with E-state index in [0.29, 0.717) is 11.5 Å². The lowest BCUT2D eigenvalue weighted by Gasteiger charge is -2.12. The number of carboxylic acid groups (broad SMARTS) is 1. The summed E-state index contributed by atoms with van der Waals surface area (Å²) in [5.74, 6) is -0.737. The van der Waals surface area contributed by atoms with Crippen LogP contribution in [0.2, 0.25) is 0 Å². The maximum Gasteiger partial charge on any atom is 0.325 e. The first-order valence-electron chi connectivity index (χ1n) is 5.25. The molecule has 6 heteroatoms. The van der Waals surface area contributed by atoms with E-state index >= 15 is 0 Å². The number of carbonyl (C=O) groups is 2. The Kier molecular flexibility index (Phi) is 4.53. The Morgan fingerprint density at radius 1 is 1.28 bits per heavy atom. The number of benzene rings is 1. The van der Waals surface area contributed by atoms with Crippen molar-refractivity contribution in [3.05, 3.63) is 23.8 Å². The Labute approximate surface area is 105 Å². The molecule has 0 aliphatic heterocycles. The van der Waals surface area contributed by atoms with E-state index in [4.69, 9.17) is 14.6 Å². The largest absolute Gasteiger partial charge is 0.497 e. The highest BCUT2D eigenvalue weighted by Gasteiger charge is 2.18. The Bertz CT molecular complexity index is 458. The van der Waals surface area contributed by atoms with E-state index in [9.17, 15) is 9.59 Å². The molecular weight excluding hydrogens is 238 g/mol. The van der Waals surface area contributed by atoms with Crippen LogP contribution in [0.25, 0.3) is 0 Å². The van der Waals surface area contributed by atoms with E-state index in [2.05, 4.69) is 5.32 Å². The first-order valence-corrected chi connectivity index (χ1v) is 5.25. The second-order valence-corrected chi connectivity index (χ2v) is 3.60. The number of carboxylic acids is 1. The quantitative estimate of drug-likeness (QED) is 0.814. The number of hydrogen-bond donors (Lipinski definition) is 2. The predicted octanol–water partition coefficient (Wildman–Crippen LogP) is 0.907. The number of methoxy groups -OCH3 is 2. The summed E-state index contributed by atoms with van der Waals surface area (Å²) in [6, 6.07) is 3.70. The van der Waals surface area contributed by atoms with Crippen LogP contribution in [0.4, 0.5) is 0 Å². The van der Waals surface area contributed by atoms with Gasteiger partial charge in [0.05, 0.1) is 19.8 Å². The van der Waals surface area contributed by atoms with Gasteiger partial charge >= 0.3 is 5.97 Å². The van der Waals surface area contributed by atoms with E-state index in [1.165, 1.54) is 27.2 Å². The molecule has 1 amide bonds. The van der Waals surface area contributed by atoms with E-state index < -0.39 is 17.9 Å². The van der Waals surface area contributed by atoms with Crippen LogP contribution in [0.1, 0.15) is 17.3 Å². The highest BCUT2D eigenvalue weighted by atomic mass is 16.5. The predicted molar refractivity (Wildman–Crippen MR) is 64.1 cm³/mol. The van der Waals surface area contributed by atoms with Crippen molar-refractivity contribution in [3.8, 4) is 11.5 Å². The molecule has 0 bridgehead atoms. The maximum absolute atomic E-state index is 11.8. The van der Waals surface area contributed by atoms with E-state index in [1.54, 1.807) is 12.1 Å². The van der Waals surface area contributed by atoms with Gasteiger partial charge in [-0.1, -0.05) is 0 Å². The van der Waals surface area contributed by atoms with Gasteiger partial charge in [0.15, 0.2) is 0 Å². The molecule has 0 saturated carbocycles. The van der Waals surface area contributed by atoms with E-state index in [0.717, 1.165) is 0 Å². The average Bonchev–Trinajstić information content (AvgIpc) is 2.37. The van der Waals surface area contributed by atoms with E-state index in [-0.39, 0.29) is 5.56 Å². The van der Waals surface area contributed by atoms with Crippen molar-refractivity contribution in [1.82, 2.24) is 5.32 Å². The molecule has 0 fully saturated rings. The molecule has 1 aromatic rings. The number of ether oxygens (including phenoxy) is 2. The van der Waals surface area contributed by atoms with Crippen LogP contribution in [-0.2, 0) is 4.79 Å². The number of amides is 1. The number of hydrogen-bond acceptors (Lipinski definition) is 4. The highest BCUT2D eigenvalue weighted by molar-refractivity contribution is 5.99. The fourth-order valence-corrected chi connectivity index (χ4v) is 1.32. The van der Waals surface area contributed by atoms with Crippen molar-refractivity contribution >= 4 is 11.9 Å². The minimum absolute atomic E-state index is 0.256. The zero-order chi connectivity index (χ0) is 13.7. The van der Waals surface area contributed by atoms with E-state index in [1.807, 2.05) is 0 Å². The fraction of sp³-hybridized carbons (Fsp3) is 0.333. The third-order valence-electron chi connectivity index (χ3n) is 2.37. The molecule has 1 atom stereocenters. The molecule has 1 rings (SSSR count). The van der Waals surface area contributed by atoms with Crippen LogP contribution in [0.5, 0.6) is 11.5 Å². The first-order chi connectivity index (χ1) is 8.49. The highest BCUT2D eigenvalue weighted by Crippen LogP contribution is 2.24. The third kappa shape index (κ3) is 3.13. The molecule has 1 aromatic carbocycles. The fourth-order valence-electron chi connectivity index (χ4n) is 1.32. The van der Waals surface area contributed by atoms with Crippen LogP contribution in [0, 0.1) is 0 Å². The molecular formula is C12H15NO5. The summed E-state index contributed by atoms with van der Waals surface area (Å²) in [5, 5.41) is 11.1. The van der Waals surface area contributed by atoms with Crippen LogP contribution < -0.4 is 14.8 Å². The second-order valence-electron chi connectivity index (χ2n) is 3.60. The zero-order valence-corrected chi connectivity index (χ0v) is 10.4. The molecule has 0 radical (unpaired) electrons. The topological polar surface area (TPSA) is 84.9 Å². The standard InChI is InChI=1S/C12H15NO5/c1-7(12(15)16)13-11(14)9-5-4-8(17-2)6-10(9)18-3/h4-7H,1-3H3,(H,13,14)(H,15,16)/t7-/m1/s1. The molecule has 0 spiro atoms. The van der Waals surface area contributed by atoms with Gasteiger partial charge in [-0.3, -0.25) is 9.59 Å². The lowest BCUT2D eigenvalue weighted by Crippen LogP contribution is -2.38. The molecule has 0 saturated heterocycles. The minimum Gasteiger partial charge on any atom is -0.497 e. The number of carbonyl (C=O) groups excluding carboxylic acids is 1. The van der Waals surface area contributed by atoms with Gasteiger partial charge in [0.25, 0.3) is 5.91 Å². The molecule has 0 aliphatic rings. The zero-order valence-electron chi connectivity index (χ0n) is 10.4. The smallest absolute Gasteiger partial charge is 0.325 e. The molecule has 18 heavy (non-hydrogen) atoms. The number of rotatable bonds is 5. The van der Waals surface area contributed by atoms with Crippen LogP contribution in [-0.4, -0.2) is 37.2 Å². The summed E-state index contributed by atoms with van der Waals surface area (Å²) in [7, 11) is 2.92. The minimum atomic E-state index is -1.10. The molecule has 98 valence electrons. The lowest BCUT2D eigenvalue weighted by molar-refractivity contribution is -0.138. The number of nitrogens with one attached hydrogen (secondary N) is 1. The average molecular weight is 253 g/mol. The van der Waals surface area contributed by atoms with Crippen molar-refractivity contribution in [2.45, 2.75) is 13.0 Å². The number of aliphatic carboxylic acids is 1. The molecule has 0 unspecified atom stereocenters. The second kappa shape index (κ2) is 5.90. The Morgan fingerprint density at radius 3 is 2.44 bits per heavy atom. The van der Waals surface area contributed by atoms with Crippen LogP contribution in [0.15, 0.2) is 18.2 Å². The SMILES string of the molecule is COc1ccc(C(=O)N[C@H](C)C(=O)O)c(OC)c1. The van der Waals surface area contributed by atoms with Gasteiger partial charge in [-0.05, 0) is 19.1 Å².